The van der Waals surface area contributed by atoms with Crippen LogP contribution < -0.4 is 15.3 Å². The normalized spacial score (nSPS) is 24.3. The van der Waals surface area contributed by atoms with E-state index in [1.165, 1.54) is 18.2 Å². The van der Waals surface area contributed by atoms with Gasteiger partial charge in [-0.1, -0.05) is 34.6 Å². The lowest BCUT2D eigenvalue weighted by atomic mass is 9.83. The number of amidine groups is 1. The molecule has 4 N–H and O–H groups in total. The van der Waals surface area contributed by atoms with E-state index < -0.39 is 35.3 Å². The van der Waals surface area contributed by atoms with Gasteiger partial charge >= 0.3 is 7.87 Å². The van der Waals surface area contributed by atoms with E-state index in [9.17, 15) is 27.8 Å². The molecule has 2 aliphatic rings. The number of Topliss-reactive ketones (excluding diaryl/α,β-unsaturated/α-hetero) is 1. The number of benzene rings is 1. The number of amides is 1. The van der Waals surface area contributed by atoms with Gasteiger partial charge < -0.3 is 10.2 Å². The molecule has 10 nitrogen and oxygen atoms in total. The number of ketones is 1. The van der Waals surface area contributed by atoms with Gasteiger partial charge in [0.25, 0.3) is 0 Å². The van der Waals surface area contributed by atoms with E-state index in [0.717, 1.165) is 6.26 Å². The molecule has 2 aliphatic heterocycles. The predicted molar refractivity (Wildman–Crippen MR) is 139 cm³/mol. The third-order valence-corrected chi connectivity index (χ3v) is 8.32. The number of rotatable bonds is 7. The molecule has 0 bridgehead atoms. The van der Waals surface area contributed by atoms with Gasteiger partial charge in [-0.15, -0.1) is 0 Å². The Kier molecular flexibility index (Phi) is 7.16. The van der Waals surface area contributed by atoms with E-state index in [1.807, 2.05) is 13.8 Å². The van der Waals surface area contributed by atoms with Crippen molar-refractivity contribution in [2.24, 2.45) is 22.0 Å². The molecule has 1 aromatic rings. The van der Waals surface area contributed by atoms with Crippen LogP contribution in [0.4, 0.5) is 11.4 Å². The van der Waals surface area contributed by atoms with Crippen LogP contribution in [0, 0.1) is 17.3 Å². The zero-order valence-corrected chi connectivity index (χ0v) is 23.0. The summed E-state index contributed by atoms with van der Waals surface area (Å²) in [7, 11) is -7.72. The Bertz CT molecular complexity index is 1170. The average Bonchev–Trinajstić information content (AvgIpc) is 2.83. The van der Waals surface area contributed by atoms with Crippen LogP contribution in [-0.2, 0) is 19.6 Å². The summed E-state index contributed by atoms with van der Waals surface area (Å²) in [5.74, 6) is -1.96. The van der Waals surface area contributed by atoms with Gasteiger partial charge in [0.05, 0.1) is 17.6 Å². The van der Waals surface area contributed by atoms with Crippen molar-refractivity contribution < 1.29 is 27.8 Å². The van der Waals surface area contributed by atoms with Crippen LogP contribution in [-0.4, -0.2) is 59.0 Å². The van der Waals surface area contributed by atoms with Crippen molar-refractivity contribution in [3.05, 3.63) is 18.2 Å². The molecule has 2 unspecified atom stereocenters. The molecule has 35 heavy (non-hydrogen) atoms. The lowest BCUT2D eigenvalue weighted by Gasteiger charge is -2.36. The van der Waals surface area contributed by atoms with Gasteiger partial charge in [0.15, 0.2) is 17.5 Å². The largest absolute Gasteiger partial charge is 0.429 e. The molecular formula is C23H36N4O6PS+. The molecule has 0 radical (unpaired) electrons. The second kappa shape index (κ2) is 9.10. The molecule has 12 heteroatoms. The van der Waals surface area contributed by atoms with Crippen molar-refractivity contribution in [3.63, 3.8) is 0 Å². The summed E-state index contributed by atoms with van der Waals surface area (Å²) in [6.45, 7) is 12.4. The van der Waals surface area contributed by atoms with Gasteiger partial charge in [0.2, 0.25) is 21.2 Å². The summed E-state index contributed by atoms with van der Waals surface area (Å²) in [5, 5.41) is 2.94. The van der Waals surface area contributed by atoms with E-state index in [-0.39, 0.29) is 39.6 Å². The van der Waals surface area contributed by atoms with E-state index in [2.05, 4.69) is 35.6 Å². The smallest absolute Gasteiger partial charge is 0.336 e. The highest BCUT2D eigenvalue weighted by molar-refractivity contribution is 7.92. The van der Waals surface area contributed by atoms with Crippen LogP contribution in [0.5, 0.6) is 0 Å². The topological polar surface area (TPSA) is 148 Å². The lowest BCUT2D eigenvalue weighted by Crippen LogP contribution is -2.49. The van der Waals surface area contributed by atoms with Crippen LogP contribution in [0.15, 0.2) is 23.0 Å². The van der Waals surface area contributed by atoms with Gasteiger partial charge in [-0.3, -0.25) is 14.3 Å². The SMILES string of the molecule is CC(C)CC1(C)C(=O)C(C2=N[P+](O)(O)c3cc(NS(C)(=O)=O)ccc3N2)C(=O)N1CCC(C)(C)C. The maximum Gasteiger partial charge on any atom is 0.429 e. The monoisotopic (exact) mass is 527 g/mol. The second-order valence-electron chi connectivity index (χ2n) is 11.3. The molecule has 2 atom stereocenters. The number of hydrogen-bond donors (Lipinski definition) is 4. The van der Waals surface area contributed by atoms with Gasteiger partial charge in [-0.2, -0.15) is 9.79 Å². The van der Waals surface area contributed by atoms with Gasteiger partial charge in [-0.25, -0.2) is 8.42 Å². The number of hydrogen-bond acceptors (Lipinski definition) is 8. The van der Waals surface area contributed by atoms with Crippen molar-refractivity contribution in [3.8, 4) is 0 Å². The summed E-state index contributed by atoms with van der Waals surface area (Å²) >= 11 is 0. The number of sulfonamides is 1. The Morgan fingerprint density at radius 2 is 1.89 bits per heavy atom. The third-order valence-electron chi connectivity index (χ3n) is 6.20. The summed E-state index contributed by atoms with van der Waals surface area (Å²) in [4.78, 5) is 50.6. The first kappa shape index (κ1) is 27.5. The Hall–Kier alpha value is -2.07. The first-order chi connectivity index (χ1) is 15.8. The Balaban J connectivity index is 2.00. The third kappa shape index (κ3) is 5.85. The van der Waals surface area contributed by atoms with Gasteiger partial charge in [-0.05, 0) is 48.0 Å². The first-order valence-corrected chi connectivity index (χ1v) is 15.1. The van der Waals surface area contributed by atoms with Crippen LogP contribution in [0.1, 0.15) is 54.4 Å². The fraction of sp³-hybridized carbons (Fsp3) is 0.609. The van der Waals surface area contributed by atoms with Crippen molar-refractivity contribution in [2.45, 2.75) is 59.9 Å². The van der Waals surface area contributed by atoms with Crippen LogP contribution in [0.25, 0.3) is 0 Å². The number of likely N-dealkylation sites (tertiary alicyclic amines) is 1. The number of nitrogens with zero attached hydrogens (tertiary/aromatic N) is 2. The molecule has 0 aromatic heterocycles. The molecule has 2 heterocycles. The van der Waals surface area contributed by atoms with Crippen LogP contribution in [0.3, 0.4) is 0 Å². The number of anilines is 2. The van der Waals surface area contributed by atoms with Crippen LogP contribution >= 0.6 is 7.87 Å². The highest BCUT2D eigenvalue weighted by Gasteiger charge is 2.59. The summed E-state index contributed by atoms with van der Waals surface area (Å²) in [5.41, 5.74) is -0.688. The number of fused-ring (bicyclic) bond motifs is 1. The van der Waals surface area contributed by atoms with Crippen LogP contribution in [0.2, 0.25) is 0 Å². The van der Waals surface area contributed by atoms with Crippen molar-refractivity contribution >= 4 is 52.1 Å². The minimum atomic E-state index is -4.14. The summed E-state index contributed by atoms with van der Waals surface area (Å²) in [6, 6.07) is 4.20. The predicted octanol–water partition coefficient (Wildman–Crippen LogP) is 2.52. The highest BCUT2D eigenvalue weighted by atomic mass is 32.2. The van der Waals surface area contributed by atoms with Crippen molar-refractivity contribution in [2.75, 3.05) is 22.8 Å². The van der Waals surface area contributed by atoms with Gasteiger partial charge in [0.1, 0.15) is 5.54 Å². The first-order valence-electron chi connectivity index (χ1n) is 11.5. The maximum absolute atomic E-state index is 13.7. The van der Waals surface area contributed by atoms with E-state index in [1.54, 1.807) is 11.8 Å². The molecule has 0 aliphatic carbocycles. The fourth-order valence-electron chi connectivity index (χ4n) is 4.67. The quantitative estimate of drug-likeness (QED) is 0.315. The Morgan fingerprint density at radius 1 is 1.26 bits per heavy atom. The number of carbonyl (C=O) groups excluding carboxylic acids is 2. The summed E-state index contributed by atoms with van der Waals surface area (Å²) < 4.78 is 29.5. The van der Waals surface area contributed by atoms with Gasteiger partial charge in [0, 0.05) is 12.6 Å². The minimum Gasteiger partial charge on any atom is -0.336 e. The minimum absolute atomic E-state index is 0.00215. The van der Waals surface area contributed by atoms with Crippen molar-refractivity contribution in [1.29, 1.82) is 0 Å². The molecule has 1 amide bonds. The number of carbonyl (C=O) groups is 2. The zero-order chi connectivity index (χ0) is 26.6. The average molecular weight is 528 g/mol. The molecular weight excluding hydrogens is 491 g/mol. The molecule has 3 rings (SSSR count). The van der Waals surface area contributed by atoms with E-state index >= 15 is 0 Å². The fourth-order valence-corrected chi connectivity index (χ4v) is 6.56. The van der Waals surface area contributed by atoms with E-state index in [4.69, 9.17) is 0 Å². The van der Waals surface area contributed by atoms with E-state index in [0.29, 0.717) is 19.4 Å². The maximum atomic E-state index is 13.7. The Labute approximate surface area is 207 Å². The number of nitrogens with one attached hydrogen (secondary N) is 2. The molecule has 1 fully saturated rings. The summed E-state index contributed by atoms with van der Waals surface area (Å²) in [6.07, 6.45) is 2.15. The molecule has 194 valence electrons. The molecule has 0 saturated carbocycles. The Morgan fingerprint density at radius 3 is 2.43 bits per heavy atom. The molecule has 1 aromatic carbocycles. The standard InChI is InChI=1S/C23H36N4O6PS/c1-14(2)13-23(6)19(28)18(21(29)27(23)11-10-22(3,4)5)20-24-16-9-8-15(26-35(7,32)33)12-17(16)34(30,31)25-20/h8-9,12,14,18,26,30-31H,10-11,13H2,1-7H3,(H,24,25)/q+1. The van der Waals surface area contributed by atoms with Crippen molar-refractivity contribution in [1.82, 2.24) is 4.90 Å². The molecule has 1 saturated heterocycles. The second-order valence-corrected chi connectivity index (χ2v) is 14.8. The molecule has 0 spiro atoms. The lowest BCUT2D eigenvalue weighted by molar-refractivity contribution is -0.133. The highest BCUT2D eigenvalue weighted by Crippen LogP contribution is 2.55. The zero-order valence-electron chi connectivity index (χ0n) is 21.3.